The lowest BCUT2D eigenvalue weighted by Gasteiger charge is -2.47. The number of carboxylic acids is 1. The summed E-state index contributed by atoms with van der Waals surface area (Å²) in [5, 5.41) is 9.68. The van der Waals surface area contributed by atoms with E-state index in [9.17, 15) is 9.90 Å². The molecule has 3 unspecified atom stereocenters. The van der Waals surface area contributed by atoms with Gasteiger partial charge in [-0.2, -0.15) is 0 Å². The van der Waals surface area contributed by atoms with Crippen molar-refractivity contribution in [2.45, 2.75) is 44.6 Å². The van der Waals surface area contributed by atoms with Gasteiger partial charge in [0.1, 0.15) is 0 Å². The number of hydrogen-bond acceptors (Lipinski definition) is 2. The van der Waals surface area contributed by atoms with Crippen LogP contribution in [0.3, 0.4) is 0 Å². The molecule has 3 rings (SSSR count). The number of carbonyl (C=O) groups is 1. The Bertz CT molecular complexity index is 511. The van der Waals surface area contributed by atoms with E-state index in [-0.39, 0.29) is 11.8 Å². The average molecular weight is 259 g/mol. The average Bonchev–Trinajstić information content (AvgIpc) is 2.38. The van der Waals surface area contributed by atoms with Gasteiger partial charge in [-0.25, -0.2) is 0 Å². The van der Waals surface area contributed by atoms with Crippen LogP contribution in [0.5, 0.6) is 0 Å². The molecule has 1 saturated carbocycles. The second-order valence-electron chi connectivity index (χ2n) is 5.96. The molecule has 1 aliphatic heterocycles. The van der Waals surface area contributed by atoms with E-state index in [4.69, 9.17) is 0 Å². The number of anilines is 1. The van der Waals surface area contributed by atoms with Crippen molar-refractivity contribution in [1.29, 1.82) is 0 Å². The van der Waals surface area contributed by atoms with Gasteiger partial charge < -0.3 is 10.0 Å². The fraction of sp³-hybridized carbons (Fsp3) is 0.562. The zero-order chi connectivity index (χ0) is 13.6. The van der Waals surface area contributed by atoms with E-state index in [2.05, 4.69) is 24.9 Å². The first-order valence-electron chi connectivity index (χ1n) is 7.16. The van der Waals surface area contributed by atoms with E-state index in [1.807, 2.05) is 12.1 Å². The van der Waals surface area contributed by atoms with Gasteiger partial charge in [0.2, 0.25) is 0 Å². The molecule has 0 amide bonds. The van der Waals surface area contributed by atoms with Crippen molar-refractivity contribution in [3.8, 4) is 0 Å². The molecule has 1 aromatic rings. The molecule has 0 saturated heterocycles. The van der Waals surface area contributed by atoms with Crippen LogP contribution in [0.2, 0.25) is 0 Å². The highest BCUT2D eigenvalue weighted by Crippen LogP contribution is 2.48. The Morgan fingerprint density at radius 1 is 1.32 bits per heavy atom. The number of aryl methyl sites for hydroxylation is 1. The third kappa shape index (κ3) is 1.83. The summed E-state index contributed by atoms with van der Waals surface area (Å²) in [4.78, 5) is 14.1. The highest BCUT2D eigenvalue weighted by Gasteiger charge is 2.44. The number of carboxylic acid groups (broad SMARTS) is 1. The molecule has 1 aliphatic carbocycles. The summed E-state index contributed by atoms with van der Waals surface area (Å²) >= 11 is 0. The van der Waals surface area contributed by atoms with E-state index in [0.717, 1.165) is 24.1 Å². The first-order valence-corrected chi connectivity index (χ1v) is 7.16. The number of rotatable bonds is 1. The third-order valence-electron chi connectivity index (χ3n) is 4.93. The SMILES string of the molecule is Cc1cccc2c1N(C)C1CCCCC1C2C(=O)O. The van der Waals surface area contributed by atoms with Gasteiger partial charge in [0.25, 0.3) is 0 Å². The van der Waals surface area contributed by atoms with Crippen LogP contribution in [0.25, 0.3) is 0 Å². The van der Waals surface area contributed by atoms with Gasteiger partial charge in [0.05, 0.1) is 5.92 Å². The topological polar surface area (TPSA) is 40.5 Å². The minimum Gasteiger partial charge on any atom is -0.481 e. The Kier molecular flexibility index (Phi) is 3.00. The van der Waals surface area contributed by atoms with Crippen LogP contribution in [0, 0.1) is 12.8 Å². The fourth-order valence-corrected chi connectivity index (χ4v) is 4.14. The smallest absolute Gasteiger partial charge is 0.311 e. The van der Waals surface area contributed by atoms with Crippen LogP contribution in [0.4, 0.5) is 5.69 Å². The molecule has 0 spiro atoms. The Morgan fingerprint density at radius 3 is 2.79 bits per heavy atom. The van der Waals surface area contributed by atoms with Crippen molar-refractivity contribution in [2.75, 3.05) is 11.9 Å². The minimum absolute atomic E-state index is 0.269. The molecule has 1 heterocycles. The Hall–Kier alpha value is -1.51. The lowest BCUT2D eigenvalue weighted by atomic mass is 9.69. The molecular weight excluding hydrogens is 238 g/mol. The Morgan fingerprint density at radius 2 is 2.05 bits per heavy atom. The van der Waals surface area contributed by atoms with Crippen molar-refractivity contribution >= 4 is 11.7 Å². The zero-order valence-corrected chi connectivity index (χ0v) is 11.6. The van der Waals surface area contributed by atoms with Gasteiger partial charge in [0, 0.05) is 18.8 Å². The number of benzene rings is 1. The van der Waals surface area contributed by atoms with Gasteiger partial charge in [-0.1, -0.05) is 31.0 Å². The summed E-state index contributed by atoms with van der Waals surface area (Å²) in [6.45, 7) is 2.08. The molecule has 0 aromatic heterocycles. The highest BCUT2D eigenvalue weighted by molar-refractivity contribution is 5.82. The normalized spacial score (nSPS) is 29.6. The number of hydrogen-bond donors (Lipinski definition) is 1. The third-order valence-corrected chi connectivity index (χ3v) is 4.93. The highest BCUT2D eigenvalue weighted by atomic mass is 16.4. The molecule has 3 atom stereocenters. The maximum Gasteiger partial charge on any atom is 0.311 e. The molecule has 102 valence electrons. The van der Waals surface area contributed by atoms with Crippen LogP contribution in [0.1, 0.15) is 42.7 Å². The molecule has 19 heavy (non-hydrogen) atoms. The van der Waals surface area contributed by atoms with Gasteiger partial charge in [-0.15, -0.1) is 0 Å². The van der Waals surface area contributed by atoms with Crippen LogP contribution in [-0.4, -0.2) is 24.2 Å². The predicted octanol–water partition coefficient (Wildman–Crippen LogP) is 3.17. The van der Waals surface area contributed by atoms with Gasteiger partial charge >= 0.3 is 5.97 Å². The number of para-hydroxylation sites is 1. The van der Waals surface area contributed by atoms with Crippen molar-refractivity contribution < 1.29 is 9.90 Å². The molecular formula is C16H21NO2. The molecule has 1 N–H and O–H groups in total. The van der Waals surface area contributed by atoms with Crippen molar-refractivity contribution in [3.05, 3.63) is 29.3 Å². The lowest BCUT2D eigenvalue weighted by molar-refractivity contribution is -0.141. The van der Waals surface area contributed by atoms with Gasteiger partial charge in [0.15, 0.2) is 0 Å². The standard InChI is InChI=1S/C16H21NO2/c1-10-6-5-8-12-14(16(18)19)11-7-3-4-9-13(11)17(2)15(10)12/h5-6,8,11,13-14H,3-4,7,9H2,1-2H3,(H,18,19). The fourth-order valence-electron chi connectivity index (χ4n) is 4.14. The number of fused-ring (bicyclic) bond motifs is 2. The Balaban J connectivity index is 2.16. The monoisotopic (exact) mass is 259 g/mol. The second-order valence-corrected chi connectivity index (χ2v) is 5.96. The summed E-state index contributed by atoms with van der Waals surface area (Å²) in [7, 11) is 2.13. The molecule has 0 bridgehead atoms. The van der Waals surface area contributed by atoms with E-state index < -0.39 is 5.97 Å². The van der Waals surface area contributed by atoms with Gasteiger partial charge in [-0.3, -0.25) is 4.79 Å². The van der Waals surface area contributed by atoms with E-state index >= 15 is 0 Å². The van der Waals surface area contributed by atoms with E-state index in [1.165, 1.54) is 18.4 Å². The van der Waals surface area contributed by atoms with Gasteiger partial charge in [-0.05, 0) is 36.8 Å². The van der Waals surface area contributed by atoms with Crippen LogP contribution in [0.15, 0.2) is 18.2 Å². The van der Waals surface area contributed by atoms with Crippen molar-refractivity contribution in [1.82, 2.24) is 0 Å². The molecule has 1 fully saturated rings. The molecule has 2 aliphatic rings. The maximum absolute atomic E-state index is 11.8. The molecule has 3 heteroatoms. The first-order chi connectivity index (χ1) is 9.11. The number of aliphatic carboxylic acids is 1. The van der Waals surface area contributed by atoms with Crippen molar-refractivity contribution in [2.24, 2.45) is 5.92 Å². The summed E-state index contributed by atoms with van der Waals surface area (Å²) in [6.07, 6.45) is 4.55. The molecule has 1 aromatic carbocycles. The lowest BCUT2D eigenvalue weighted by Crippen LogP contribution is -2.48. The molecule has 3 nitrogen and oxygen atoms in total. The Labute approximate surface area is 114 Å². The van der Waals surface area contributed by atoms with Crippen LogP contribution in [-0.2, 0) is 4.79 Å². The largest absolute Gasteiger partial charge is 0.481 e. The first kappa shape index (κ1) is 12.5. The number of nitrogens with zero attached hydrogens (tertiary/aromatic N) is 1. The zero-order valence-electron chi connectivity index (χ0n) is 11.6. The van der Waals surface area contributed by atoms with Crippen molar-refractivity contribution in [3.63, 3.8) is 0 Å². The summed E-state index contributed by atoms with van der Waals surface area (Å²) < 4.78 is 0. The van der Waals surface area contributed by atoms with Crippen LogP contribution >= 0.6 is 0 Å². The summed E-state index contributed by atoms with van der Waals surface area (Å²) in [5.74, 6) is -0.709. The minimum atomic E-state index is -0.656. The van der Waals surface area contributed by atoms with E-state index in [1.54, 1.807) is 0 Å². The van der Waals surface area contributed by atoms with E-state index in [0.29, 0.717) is 6.04 Å². The summed E-state index contributed by atoms with van der Waals surface area (Å²) in [5.41, 5.74) is 3.35. The quantitative estimate of drug-likeness (QED) is 0.842. The molecule has 0 radical (unpaired) electrons. The van der Waals surface area contributed by atoms with Crippen LogP contribution < -0.4 is 4.90 Å². The maximum atomic E-state index is 11.8. The predicted molar refractivity (Wildman–Crippen MR) is 75.7 cm³/mol. The summed E-state index contributed by atoms with van der Waals surface area (Å²) in [6, 6.07) is 6.46. The second kappa shape index (κ2) is 4.55.